The molecule has 4 nitrogen and oxygen atoms in total. The molecule has 1 saturated heterocycles. The van der Waals surface area contributed by atoms with Gasteiger partial charge in [0.1, 0.15) is 5.60 Å². The molecule has 1 fully saturated rings. The third kappa shape index (κ3) is 3.82. The number of likely N-dealkylation sites (tertiary alicyclic amines) is 1. The number of thiazole rings is 1. The minimum absolute atomic E-state index is 0.207. The molecule has 1 aromatic rings. The number of carbonyl (C=O) groups excluding carboxylic acids is 1. The van der Waals surface area contributed by atoms with E-state index >= 15 is 0 Å². The molecule has 0 N–H and O–H groups in total. The Morgan fingerprint density at radius 1 is 1.50 bits per heavy atom. The highest BCUT2D eigenvalue weighted by molar-refractivity contribution is 7.09. The maximum atomic E-state index is 12.0. The standard InChI is InChI=1S/C15H22N2O2S/c1-5-12-10-20-13(16-12)11-6-8-17(9-7-11)14(18)19-15(2,3)4/h5,10-11H,1,6-9H2,2-4H3. The van der Waals surface area contributed by atoms with Crippen LogP contribution in [0.15, 0.2) is 12.0 Å². The number of piperidine rings is 1. The monoisotopic (exact) mass is 294 g/mol. The lowest BCUT2D eigenvalue weighted by Crippen LogP contribution is -2.41. The molecule has 1 aliphatic rings. The van der Waals surface area contributed by atoms with Gasteiger partial charge in [0.25, 0.3) is 0 Å². The predicted molar refractivity (Wildman–Crippen MR) is 82.0 cm³/mol. The van der Waals surface area contributed by atoms with Crippen LogP contribution >= 0.6 is 11.3 Å². The summed E-state index contributed by atoms with van der Waals surface area (Å²) in [6.07, 6.45) is 3.46. The number of amides is 1. The average molecular weight is 294 g/mol. The first-order chi connectivity index (χ1) is 9.39. The Kier molecular flexibility index (Phi) is 4.48. The van der Waals surface area contributed by atoms with Crippen LogP contribution in [-0.2, 0) is 4.74 Å². The fraction of sp³-hybridized carbons (Fsp3) is 0.600. The van der Waals surface area contributed by atoms with Crippen molar-refractivity contribution in [3.63, 3.8) is 0 Å². The van der Waals surface area contributed by atoms with E-state index in [1.165, 1.54) is 0 Å². The van der Waals surface area contributed by atoms with Crippen molar-refractivity contribution in [3.05, 3.63) is 22.7 Å². The van der Waals surface area contributed by atoms with Gasteiger partial charge in [-0.2, -0.15) is 0 Å². The molecule has 0 aromatic carbocycles. The topological polar surface area (TPSA) is 42.4 Å². The average Bonchev–Trinajstić information content (AvgIpc) is 2.85. The number of hydrogen-bond donors (Lipinski definition) is 0. The van der Waals surface area contributed by atoms with E-state index in [1.807, 2.05) is 26.2 Å². The van der Waals surface area contributed by atoms with E-state index in [0.29, 0.717) is 5.92 Å². The van der Waals surface area contributed by atoms with Gasteiger partial charge < -0.3 is 9.64 Å². The molecule has 5 heteroatoms. The molecule has 2 rings (SSSR count). The zero-order valence-electron chi connectivity index (χ0n) is 12.4. The highest BCUT2D eigenvalue weighted by atomic mass is 32.1. The van der Waals surface area contributed by atoms with Crippen molar-refractivity contribution in [1.82, 2.24) is 9.88 Å². The molecule has 1 aliphatic heterocycles. The molecule has 0 atom stereocenters. The van der Waals surface area contributed by atoms with Crippen LogP contribution < -0.4 is 0 Å². The maximum absolute atomic E-state index is 12.0. The minimum Gasteiger partial charge on any atom is -0.444 e. The molecule has 0 unspecified atom stereocenters. The summed E-state index contributed by atoms with van der Waals surface area (Å²) in [7, 11) is 0. The van der Waals surface area contributed by atoms with Crippen LogP contribution in [-0.4, -0.2) is 34.7 Å². The van der Waals surface area contributed by atoms with Crippen molar-refractivity contribution in [1.29, 1.82) is 0 Å². The summed E-state index contributed by atoms with van der Waals surface area (Å²) in [5, 5.41) is 3.19. The van der Waals surface area contributed by atoms with Crippen molar-refractivity contribution < 1.29 is 9.53 Å². The van der Waals surface area contributed by atoms with Gasteiger partial charge in [0, 0.05) is 24.4 Å². The molecule has 1 amide bonds. The van der Waals surface area contributed by atoms with Gasteiger partial charge in [-0.1, -0.05) is 6.58 Å². The largest absolute Gasteiger partial charge is 0.444 e. The first-order valence-corrected chi connectivity index (χ1v) is 7.83. The van der Waals surface area contributed by atoms with Crippen molar-refractivity contribution in [2.24, 2.45) is 0 Å². The Morgan fingerprint density at radius 3 is 2.65 bits per heavy atom. The summed E-state index contributed by atoms with van der Waals surface area (Å²) in [6.45, 7) is 10.9. The summed E-state index contributed by atoms with van der Waals surface area (Å²) in [4.78, 5) is 18.3. The van der Waals surface area contributed by atoms with E-state index in [1.54, 1.807) is 22.3 Å². The molecule has 1 aromatic heterocycles. The maximum Gasteiger partial charge on any atom is 0.410 e. The van der Waals surface area contributed by atoms with Crippen LogP contribution in [0.3, 0.4) is 0 Å². The third-order valence-corrected chi connectivity index (χ3v) is 4.27. The Labute approximate surface area is 124 Å². The van der Waals surface area contributed by atoms with E-state index in [2.05, 4.69) is 11.6 Å². The first kappa shape index (κ1) is 15.0. The lowest BCUT2D eigenvalue weighted by Gasteiger charge is -2.32. The predicted octanol–water partition coefficient (Wildman–Crippen LogP) is 3.90. The zero-order chi connectivity index (χ0) is 14.8. The van der Waals surface area contributed by atoms with Gasteiger partial charge in [0.15, 0.2) is 0 Å². The Morgan fingerprint density at radius 2 is 2.15 bits per heavy atom. The summed E-state index contributed by atoms with van der Waals surface area (Å²) in [5.74, 6) is 0.451. The fourth-order valence-corrected chi connectivity index (χ4v) is 3.19. The second-order valence-electron chi connectivity index (χ2n) is 6.06. The first-order valence-electron chi connectivity index (χ1n) is 6.95. The van der Waals surface area contributed by atoms with Gasteiger partial charge in [-0.15, -0.1) is 11.3 Å². The lowest BCUT2D eigenvalue weighted by molar-refractivity contribution is 0.0205. The molecule has 0 spiro atoms. The second kappa shape index (κ2) is 5.95. The number of aromatic nitrogens is 1. The number of nitrogens with zero attached hydrogens (tertiary/aromatic N) is 2. The normalized spacial score (nSPS) is 17.1. The van der Waals surface area contributed by atoms with Crippen molar-refractivity contribution in [2.45, 2.75) is 45.1 Å². The van der Waals surface area contributed by atoms with Gasteiger partial charge >= 0.3 is 6.09 Å². The van der Waals surface area contributed by atoms with Gasteiger partial charge in [0.05, 0.1) is 10.7 Å². The van der Waals surface area contributed by atoms with E-state index in [4.69, 9.17) is 4.74 Å². The Bertz CT molecular complexity index is 482. The smallest absolute Gasteiger partial charge is 0.410 e. The molecule has 0 saturated carbocycles. The van der Waals surface area contributed by atoms with Crippen molar-refractivity contribution in [3.8, 4) is 0 Å². The van der Waals surface area contributed by atoms with Crippen LogP contribution in [0.1, 0.15) is 50.2 Å². The Hall–Kier alpha value is -1.36. The quantitative estimate of drug-likeness (QED) is 0.830. The highest BCUT2D eigenvalue weighted by Crippen LogP contribution is 2.31. The van der Waals surface area contributed by atoms with Crippen molar-refractivity contribution >= 4 is 23.5 Å². The fourth-order valence-electron chi connectivity index (χ4n) is 2.22. The molecular formula is C15H22N2O2S. The SMILES string of the molecule is C=Cc1csc(C2CCN(C(=O)OC(C)(C)C)CC2)n1. The molecule has 110 valence electrons. The lowest BCUT2D eigenvalue weighted by atomic mass is 9.98. The molecule has 0 aliphatic carbocycles. The van der Waals surface area contributed by atoms with Crippen LogP contribution in [0.25, 0.3) is 6.08 Å². The van der Waals surface area contributed by atoms with Crippen LogP contribution in [0.2, 0.25) is 0 Å². The van der Waals surface area contributed by atoms with Gasteiger partial charge in [-0.3, -0.25) is 0 Å². The summed E-state index contributed by atoms with van der Waals surface area (Å²) < 4.78 is 5.40. The molecule has 0 radical (unpaired) electrons. The van der Waals surface area contributed by atoms with Gasteiger partial charge in [0.2, 0.25) is 0 Å². The number of hydrogen-bond acceptors (Lipinski definition) is 4. The van der Waals surface area contributed by atoms with E-state index in [-0.39, 0.29) is 6.09 Å². The van der Waals surface area contributed by atoms with E-state index < -0.39 is 5.60 Å². The zero-order valence-corrected chi connectivity index (χ0v) is 13.2. The minimum atomic E-state index is -0.428. The summed E-state index contributed by atoms with van der Waals surface area (Å²) >= 11 is 1.68. The summed E-state index contributed by atoms with van der Waals surface area (Å²) in [5.41, 5.74) is 0.516. The van der Waals surface area contributed by atoms with Crippen LogP contribution in [0.4, 0.5) is 4.79 Å². The number of ether oxygens (including phenoxy) is 1. The van der Waals surface area contributed by atoms with Crippen LogP contribution in [0, 0.1) is 0 Å². The summed E-state index contributed by atoms with van der Waals surface area (Å²) in [6, 6.07) is 0. The van der Waals surface area contributed by atoms with Crippen molar-refractivity contribution in [2.75, 3.05) is 13.1 Å². The number of carbonyl (C=O) groups is 1. The molecule has 20 heavy (non-hydrogen) atoms. The second-order valence-corrected chi connectivity index (χ2v) is 6.95. The van der Waals surface area contributed by atoms with E-state index in [0.717, 1.165) is 36.6 Å². The molecule has 2 heterocycles. The number of rotatable bonds is 2. The molecule has 0 bridgehead atoms. The third-order valence-electron chi connectivity index (χ3n) is 3.24. The van der Waals surface area contributed by atoms with Gasteiger partial charge in [-0.25, -0.2) is 9.78 Å². The Balaban J connectivity index is 1.89. The highest BCUT2D eigenvalue weighted by Gasteiger charge is 2.28. The van der Waals surface area contributed by atoms with Crippen LogP contribution in [0.5, 0.6) is 0 Å². The molecular weight excluding hydrogens is 272 g/mol. The van der Waals surface area contributed by atoms with Gasteiger partial charge in [-0.05, 0) is 39.7 Å². The van der Waals surface area contributed by atoms with E-state index in [9.17, 15) is 4.79 Å².